The number of methoxy groups -OCH3 is 1. The van der Waals surface area contributed by atoms with Crippen molar-refractivity contribution in [3.63, 3.8) is 0 Å². The van der Waals surface area contributed by atoms with Gasteiger partial charge in [0, 0.05) is 22.7 Å². The highest BCUT2D eigenvalue weighted by Gasteiger charge is 2.18. The molecule has 172 valence electrons. The number of nitrogens with zero attached hydrogens (tertiary/aromatic N) is 1. The Morgan fingerprint density at radius 2 is 1.64 bits per heavy atom. The zero-order valence-corrected chi connectivity index (χ0v) is 20.1. The van der Waals surface area contributed by atoms with E-state index in [1.165, 1.54) is 4.90 Å². The molecule has 0 saturated carbocycles. The molecule has 3 aromatic rings. The van der Waals surface area contributed by atoms with E-state index in [-0.39, 0.29) is 17.9 Å². The van der Waals surface area contributed by atoms with E-state index in [4.69, 9.17) is 4.74 Å². The highest BCUT2D eigenvalue weighted by Crippen LogP contribution is 2.24. The first-order valence-electron chi connectivity index (χ1n) is 10.6. The number of likely N-dealkylation sites (N-methyl/N-ethyl adjacent to an activating group) is 1. The van der Waals surface area contributed by atoms with Gasteiger partial charge in [0.2, 0.25) is 5.91 Å². The maximum Gasteiger partial charge on any atom is 0.255 e. The van der Waals surface area contributed by atoms with Crippen LogP contribution in [0.4, 0.5) is 11.4 Å². The van der Waals surface area contributed by atoms with E-state index in [1.807, 2.05) is 37.3 Å². The Morgan fingerprint density at radius 3 is 2.27 bits per heavy atom. The lowest BCUT2D eigenvalue weighted by molar-refractivity contribution is -0.120. The van der Waals surface area contributed by atoms with E-state index in [2.05, 4.69) is 34.9 Å². The second-order valence-corrected chi connectivity index (χ2v) is 8.54. The molecular weight excluding hydrogens is 434 g/mol. The van der Waals surface area contributed by atoms with Gasteiger partial charge in [0.25, 0.3) is 5.91 Å². The Hall–Kier alpha value is -3.29. The summed E-state index contributed by atoms with van der Waals surface area (Å²) in [6.07, 6.45) is 2.05. The van der Waals surface area contributed by atoms with Crippen molar-refractivity contribution in [3.8, 4) is 5.75 Å². The predicted molar refractivity (Wildman–Crippen MR) is 135 cm³/mol. The van der Waals surface area contributed by atoms with E-state index < -0.39 is 0 Å². The first-order chi connectivity index (χ1) is 15.9. The number of amides is 2. The lowest BCUT2D eigenvalue weighted by Gasteiger charge is -2.24. The molecule has 1 atom stereocenters. The first-order valence-corrected chi connectivity index (χ1v) is 11.8. The number of nitrogens with one attached hydrogen (secondary N) is 2. The van der Waals surface area contributed by atoms with Crippen molar-refractivity contribution < 1.29 is 14.3 Å². The average molecular weight is 464 g/mol. The number of ether oxygens (including phenoxy) is 1. The largest absolute Gasteiger partial charge is 0.495 e. The van der Waals surface area contributed by atoms with Gasteiger partial charge in [-0.25, -0.2) is 0 Å². The first kappa shape index (κ1) is 24.4. The van der Waals surface area contributed by atoms with Crippen LogP contribution in [0.15, 0.2) is 77.7 Å². The van der Waals surface area contributed by atoms with Crippen LogP contribution < -0.4 is 15.4 Å². The zero-order chi connectivity index (χ0) is 23.8. The molecule has 33 heavy (non-hydrogen) atoms. The van der Waals surface area contributed by atoms with Crippen LogP contribution in [0, 0.1) is 0 Å². The number of hydrogen-bond donors (Lipinski definition) is 2. The molecule has 0 aliphatic heterocycles. The highest BCUT2D eigenvalue weighted by atomic mass is 32.2. The number of thioether (sulfide) groups is 1. The number of rotatable bonds is 9. The fourth-order valence-corrected chi connectivity index (χ4v) is 3.66. The minimum Gasteiger partial charge on any atom is -0.495 e. The van der Waals surface area contributed by atoms with Gasteiger partial charge in [0.05, 0.1) is 18.8 Å². The quantitative estimate of drug-likeness (QED) is 0.431. The SMILES string of the molecule is COc1ccccc1NC(=O)c1ccc(NC(=O)[C@H](C)N(C)Cc2ccc(SC)cc2)cc1. The van der Waals surface area contributed by atoms with Crippen molar-refractivity contribution in [2.45, 2.75) is 24.4 Å². The van der Waals surface area contributed by atoms with Gasteiger partial charge in [0.1, 0.15) is 5.75 Å². The minimum atomic E-state index is -0.321. The zero-order valence-electron chi connectivity index (χ0n) is 19.3. The Kier molecular flexibility index (Phi) is 8.52. The van der Waals surface area contributed by atoms with Crippen molar-refractivity contribution in [2.75, 3.05) is 31.0 Å². The molecule has 3 aromatic carbocycles. The summed E-state index contributed by atoms with van der Waals surface area (Å²) in [5, 5.41) is 5.77. The molecule has 0 saturated heterocycles. The fraction of sp³-hybridized carbons (Fsp3) is 0.231. The van der Waals surface area contributed by atoms with Crippen LogP contribution in [0.5, 0.6) is 5.75 Å². The number of carbonyl (C=O) groups excluding carboxylic acids is 2. The fourth-order valence-electron chi connectivity index (χ4n) is 3.25. The van der Waals surface area contributed by atoms with Crippen LogP contribution in [0.2, 0.25) is 0 Å². The van der Waals surface area contributed by atoms with Crippen molar-refractivity contribution in [1.82, 2.24) is 4.90 Å². The van der Waals surface area contributed by atoms with E-state index in [0.717, 1.165) is 5.56 Å². The Bertz CT molecular complexity index is 1080. The second-order valence-electron chi connectivity index (χ2n) is 7.66. The number of anilines is 2. The monoisotopic (exact) mass is 463 g/mol. The number of benzene rings is 3. The van der Waals surface area contributed by atoms with E-state index in [9.17, 15) is 9.59 Å². The molecule has 0 fully saturated rings. The van der Waals surface area contributed by atoms with Gasteiger partial charge in [0.15, 0.2) is 0 Å². The maximum atomic E-state index is 12.7. The lowest BCUT2D eigenvalue weighted by Crippen LogP contribution is -2.39. The number of para-hydroxylation sites is 2. The lowest BCUT2D eigenvalue weighted by atomic mass is 10.1. The summed E-state index contributed by atoms with van der Waals surface area (Å²) < 4.78 is 5.27. The number of hydrogen-bond acceptors (Lipinski definition) is 5. The molecule has 0 aromatic heterocycles. The summed E-state index contributed by atoms with van der Waals surface area (Å²) in [7, 11) is 3.49. The van der Waals surface area contributed by atoms with Crippen molar-refractivity contribution >= 4 is 35.0 Å². The summed E-state index contributed by atoms with van der Waals surface area (Å²) in [4.78, 5) is 28.5. The van der Waals surface area contributed by atoms with Gasteiger partial charge in [-0.05, 0) is 74.3 Å². The van der Waals surface area contributed by atoms with Crippen LogP contribution in [-0.4, -0.2) is 43.2 Å². The number of carbonyl (C=O) groups is 2. The van der Waals surface area contributed by atoms with Crippen molar-refractivity contribution in [2.24, 2.45) is 0 Å². The van der Waals surface area contributed by atoms with Gasteiger partial charge >= 0.3 is 0 Å². The standard InChI is InChI=1S/C26H29N3O3S/c1-18(29(2)17-19-9-15-22(33-4)16-10-19)25(30)27-21-13-11-20(12-14-21)26(31)28-23-7-5-6-8-24(23)32-3/h5-16,18H,17H2,1-4H3,(H,27,30)(H,28,31)/t18-/m0/s1. The Labute approximate surface area is 199 Å². The second kappa shape index (κ2) is 11.5. The molecule has 7 heteroatoms. The molecule has 0 heterocycles. The molecule has 6 nitrogen and oxygen atoms in total. The van der Waals surface area contributed by atoms with Crippen LogP contribution in [0.25, 0.3) is 0 Å². The van der Waals surface area contributed by atoms with Crippen LogP contribution >= 0.6 is 11.8 Å². The summed E-state index contributed by atoms with van der Waals surface area (Å²) in [5.74, 6) is 0.232. The minimum absolute atomic E-state index is 0.107. The molecular formula is C26H29N3O3S. The molecule has 2 amide bonds. The molecule has 0 bridgehead atoms. The average Bonchev–Trinajstić information content (AvgIpc) is 2.84. The normalized spacial score (nSPS) is 11.7. The summed E-state index contributed by atoms with van der Waals surface area (Å²) >= 11 is 1.70. The predicted octanol–water partition coefficient (Wildman–Crippen LogP) is 5.13. The topological polar surface area (TPSA) is 70.7 Å². The van der Waals surface area contributed by atoms with Gasteiger partial charge < -0.3 is 15.4 Å². The summed E-state index contributed by atoms with van der Waals surface area (Å²) in [6, 6.07) is 22.1. The summed E-state index contributed by atoms with van der Waals surface area (Å²) in [5.41, 5.74) is 2.87. The third-order valence-corrected chi connectivity index (χ3v) is 6.15. The maximum absolute atomic E-state index is 12.7. The molecule has 0 unspecified atom stereocenters. The smallest absolute Gasteiger partial charge is 0.255 e. The van der Waals surface area contributed by atoms with Gasteiger partial charge in [-0.15, -0.1) is 11.8 Å². The molecule has 0 aliphatic rings. The third kappa shape index (κ3) is 6.60. The van der Waals surface area contributed by atoms with E-state index >= 15 is 0 Å². The molecule has 0 spiro atoms. The van der Waals surface area contributed by atoms with Gasteiger partial charge in [-0.3, -0.25) is 14.5 Å². The van der Waals surface area contributed by atoms with Gasteiger partial charge in [-0.2, -0.15) is 0 Å². The molecule has 3 rings (SSSR count). The highest BCUT2D eigenvalue weighted by molar-refractivity contribution is 7.98. The van der Waals surface area contributed by atoms with Crippen molar-refractivity contribution in [3.05, 3.63) is 83.9 Å². The molecule has 2 N–H and O–H groups in total. The van der Waals surface area contributed by atoms with Crippen molar-refractivity contribution in [1.29, 1.82) is 0 Å². The molecule has 0 radical (unpaired) electrons. The van der Waals surface area contributed by atoms with Gasteiger partial charge in [-0.1, -0.05) is 24.3 Å². The van der Waals surface area contributed by atoms with E-state index in [0.29, 0.717) is 29.2 Å². The van der Waals surface area contributed by atoms with Crippen LogP contribution in [0.3, 0.4) is 0 Å². The molecule has 0 aliphatic carbocycles. The Balaban J connectivity index is 1.56. The van der Waals surface area contributed by atoms with Crippen LogP contribution in [-0.2, 0) is 11.3 Å². The Morgan fingerprint density at radius 1 is 0.970 bits per heavy atom. The summed E-state index contributed by atoms with van der Waals surface area (Å²) in [6.45, 7) is 2.55. The van der Waals surface area contributed by atoms with Crippen LogP contribution in [0.1, 0.15) is 22.8 Å². The third-order valence-electron chi connectivity index (χ3n) is 5.40. The van der Waals surface area contributed by atoms with E-state index in [1.54, 1.807) is 55.3 Å².